The van der Waals surface area contributed by atoms with Crippen molar-refractivity contribution < 1.29 is 39.5 Å². The van der Waals surface area contributed by atoms with Gasteiger partial charge in [0.1, 0.15) is 0 Å². The van der Waals surface area contributed by atoms with Crippen LogP contribution in [0, 0.1) is 6.92 Å². The van der Waals surface area contributed by atoms with Crippen molar-refractivity contribution in [1.29, 1.82) is 0 Å². The van der Waals surface area contributed by atoms with Crippen molar-refractivity contribution in [1.82, 2.24) is 0 Å². The maximum atomic E-state index is 12.1. The molecule has 2 aromatic rings. The van der Waals surface area contributed by atoms with Gasteiger partial charge < -0.3 is 29.9 Å². The lowest BCUT2D eigenvalue weighted by Crippen LogP contribution is -2.10. The molecule has 4 N–H and O–H groups in total. The molecule has 2 rings (SSSR count). The number of ether oxygens (including phenoxy) is 2. The van der Waals surface area contributed by atoms with Gasteiger partial charge >= 0.3 is 11.9 Å². The lowest BCUT2D eigenvalue weighted by Gasteiger charge is -2.10. The minimum atomic E-state index is -0.981. The van der Waals surface area contributed by atoms with Crippen LogP contribution in [0.3, 0.4) is 0 Å². The second-order valence-electron chi connectivity index (χ2n) is 4.88. The summed E-state index contributed by atoms with van der Waals surface area (Å²) >= 11 is 0. The van der Waals surface area contributed by atoms with E-state index < -0.39 is 34.9 Å². The molecule has 0 heterocycles. The molecule has 0 aliphatic rings. The molecule has 8 nitrogen and oxygen atoms in total. The van der Waals surface area contributed by atoms with Gasteiger partial charge in [-0.05, 0) is 36.8 Å². The Balaban J connectivity index is 2.38. The van der Waals surface area contributed by atoms with Gasteiger partial charge in [-0.15, -0.1) is 0 Å². The summed E-state index contributed by atoms with van der Waals surface area (Å²) in [4.78, 5) is 23.6. The number of esters is 2. The summed E-state index contributed by atoms with van der Waals surface area (Å²) in [7, 11) is 1.12. The number of aryl methyl sites for hydroxylation is 1. The van der Waals surface area contributed by atoms with Crippen molar-refractivity contribution >= 4 is 11.9 Å². The minimum Gasteiger partial charge on any atom is -0.504 e. The highest BCUT2D eigenvalue weighted by Gasteiger charge is 2.20. The molecule has 0 atom stereocenters. The van der Waals surface area contributed by atoms with Gasteiger partial charge in [0.05, 0.1) is 18.2 Å². The maximum absolute atomic E-state index is 12.1. The lowest BCUT2D eigenvalue weighted by molar-refractivity contribution is 0.0596. The van der Waals surface area contributed by atoms with Crippen LogP contribution in [-0.4, -0.2) is 39.5 Å². The van der Waals surface area contributed by atoms with Crippen LogP contribution in [0.2, 0.25) is 0 Å². The van der Waals surface area contributed by atoms with Crippen LogP contribution >= 0.6 is 0 Å². The molecule has 0 fully saturated rings. The van der Waals surface area contributed by atoms with Crippen LogP contribution in [0.1, 0.15) is 26.3 Å². The fourth-order valence-electron chi connectivity index (χ4n) is 1.94. The third-order valence-electron chi connectivity index (χ3n) is 3.19. The second kappa shape index (κ2) is 6.37. The van der Waals surface area contributed by atoms with Gasteiger partial charge in [-0.25, -0.2) is 9.59 Å². The summed E-state index contributed by atoms with van der Waals surface area (Å²) in [6.07, 6.45) is 0. The Kier molecular flexibility index (Phi) is 4.50. The second-order valence-corrected chi connectivity index (χ2v) is 4.88. The Bertz CT molecular complexity index is 802. The third-order valence-corrected chi connectivity index (χ3v) is 3.19. The standard InChI is InChI=1S/C16H14O8/c1-7-3-8(4-10(17)13(7)19)16(22)24-12-6-9(15(21)23-2)5-11(18)14(12)20/h3-6,17-20H,1-2H3. The van der Waals surface area contributed by atoms with Gasteiger partial charge in [0.2, 0.25) is 5.75 Å². The largest absolute Gasteiger partial charge is 0.504 e. The molecule has 0 aliphatic heterocycles. The summed E-state index contributed by atoms with van der Waals surface area (Å²) in [6, 6.07) is 4.21. The highest BCUT2D eigenvalue weighted by molar-refractivity contribution is 5.94. The lowest BCUT2D eigenvalue weighted by atomic mass is 10.1. The zero-order valence-electron chi connectivity index (χ0n) is 12.7. The van der Waals surface area contributed by atoms with Crippen molar-refractivity contribution in [2.45, 2.75) is 6.92 Å². The van der Waals surface area contributed by atoms with E-state index in [-0.39, 0.29) is 22.4 Å². The van der Waals surface area contributed by atoms with Crippen LogP contribution in [0.5, 0.6) is 28.7 Å². The highest BCUT2D eigenvalue weighted by atomic mass is 16.5. The molecular weight excluding hydrogens is 320 g/mol. The van der Waals surface area contributed by atoms with Crippen LogP contribution in [0.4, 0.5) is 0 Å². The van der Waals surface area contributed by atoms with Crippen molar-refractivity contribution in [3.63, 3.8) is 0 Å². The van der Waals surface area contributed by atoms with Gasteiger partial charge in [0.25, 0.3) is 0 Å². The Labute approximate surface area is 136 Å². The number of benzene rings is 2. The first kappa shape index (κ1) is 16.9. The molecule has 126 valence electrons. The van der Waals surface area contributed by atoms with Crippen LogP contribution in [0.25, 0.3) is 0 Å². The van der Waals surface area contributed by atoms with Crippen molar-refractivity contribution in [3.05, 3.63) is 41.0 Å². The first-order chi connectivity index (χ1) is 11.2. The van der Waals surface area contributed by atoms with E-state index in [1.807, 2.05) is 0 Å². The van der Waals surface area contributed by atoms with E-state index in [2.05, 4.69) is 4.74 Å². The summed E-state index contributed by atoms with van der Waals surface area (Å²) in [5.41, 5.74) is -0.0113. The average Bonchev–Trinajstić information content (AvgIpc) is 2.55. The van der Waals surface area contributed by atoms with E-state index in [9.17, 15) is 30.0 Å². The van der Waals surface area contributed by atoms with E-state index in [0.717, 1.165) is 25.3 Å². The molecule has 0 radical (unpaired) electrons. The molecule has 0 amide bonds. The maximum Gasteiger partial charge on any atom is 0.343 e. The summed E-state index contributed by atoms with van der Waals surface area (Å²) < 4.78 is 9.44. The third kappa shape index (κ3) is 3.17. The average molecular weight is 334 g/mol. The molecule has 0 aliphatic carbocycles. The SMILES string of the molecule is COC(=O)c1cc(O)c(O)c(OC(=O)c2cc(C)c(O)c(O)c2)c1. The topological polar surface area (TPSA) is 134 Å². The van der Waals surface area contributed by atoms with Crippen LogP contribution < -0.4 is 4.74 Å². The van der Waals surface area contributed by atoms with Crippen LogP contribution in [-0.2, 0) is 4.74 Å². The molecular formula is C16H14O8. The smallest absolute Gasteiger partial charge is 0.343 e. The molecule has 0 aromatic heterocycles. The molecule has 0 spiro atoms. The first-order valence-corrected chi connectivity index (χ1v) is 6.63. The van der Waals surface area contributed by atoms with Crippen molar-refractivity contribution in [2.75, 3.05) is 7.11 Å². The predicted octanol–water partition coefficient (Wildman–Crippen LogP) is 1.82. The number of carbonyl (C=O) groups excluding carboxylic acids is 2. The summed E-state index contributed by atoms with van der Waals surface area (Å²) in [6.45, 7) is 1.47. The summed E-state index contributed by atoms with van der Waals surface area (Å²) in [5, 5.41) is 38.4. The zero-order chi connectivity index (χ0) is 18.0. The van der Waals surface area contributed by atoms with E-state index in [1.165, 1.54) is 13.0 Å². The van der Waals surface area contributed by atoms with Gasteiger partial charge in [0.15, 0.2) is 23.0 Å². The number of aromatic hydroxyl groups is 4. The number of carbonyl (C=O) groups is 2. The molecule has 24 heavy (non-hydrogen) atoms. The number of phenolic OH excluding ortho intramolecular Hbond substituents is 4. The van der Waals surface area contributed by atoms with Gasteiger partial charge in [0, 0.05) is 0 Å². The zero-order valence-corrected chi connectivity index (χ0v) is 12.7. The molecule has 8 heteroatoms. The number of phenols is 4. The number of hydrogen-bond acceptors (Lipinski definition) is 8. The Morgan fingerprint density at radius 2 is 1.38 bits per heavy atom. The molecule has 0 bridgehead atoms. The van der Waals surface area contributed by atoms with Crippen molar-refractivity contribution in [3.8, 4) is 28.7 Å². The minimum absolute atomic E-state index is 0.106. The molecule has 0 saturated heterocycles. The van der Waals surface area contributed by atoms with Gasteiger partial charge in [-0.1, -0.05) is 0 Å². The number of hydrogen-bond donors (Lipinski definition) is 4. The Morgan fingerprint density at radius 3 is 1.92 bits per heavy atom. The van der Waals surface area contributed by atoms with Gasteiger partial charge in [-0.3, -0.25) is 0 Å². The van der Waals surface area contributed by atoms with E-state index in [0.29, 0.717) is 0 Å². The summed E-state index contributed by atoms with van der Waals surface area (Å²) in [5.74, 6) is -4.56. The van der Waals surface area contributed by atoms with E-state index in [4.69, 9.17) is 4.74 Å². The monoisotopic (exact) mass is 334 g/mol. The van der Waals surface area contributed by atoms with Crippen molar-refractivity contribution in [2.24, 2.45) is 0 Å². The molecule has 0 saturated carbocycles. The van der Waals surface area contributed by atoms with Gasteiger partial charge in [-0.2, -0.15) is 0 Å². The fourth-order valence-corrected chi connectivity index (χ4v) is 1.94. The number of rotatable bonds is 3. The fraction of sp³-hybridized carbons (Fsp3) is 0.125. The van der Waals surface area contributed by atoms with Crippen LogP contribution in [0.15, 0.2) is 24.3 Å². The molecule has 2 aromatic carbocycles. The van der Waals surface area contributed by atoms with E-state index in [1.54, 1.807) is 0 Å². The van der Waals surface area contributed by atoms with E-state index >= 15 is 0 Å². The number of methoxy groups -OCH3 is 1. The highest BCUT2D eigenvalue weighted by Crippen LogP contribution is 2.37. The normalized spacial score (nSPS) is 10.2. The first-order valence-electron chi connectivity index (χ1n) is 6.63. The predicted molar refractivity (Wildman–Crippen MR) is 80.6 cm³/mol. The Morgan fingerprint density at radius 1 is 0.833 bits per heavy atom. The molecule has 0 unspecified atom stereocenters. The quantitative estimate of drug-likeness (QED) is 0.379. The Hall–Kier alpha value is -3.42.